The van der Waals surface area contributed by atoms with Crippen LogP contribution in [0.1, 0.15) is 48.9 Å². The Morgan fingerprint density at radius 2 is 2.12 bits per heavy atom. The van der Waals surface area contributed by atoms with Gasteiger partial charge < -0.3 is 10.1 Å². The first-order valence-electron chi connectivity index (χ1n) is 5.94. The lowest BCUT2D eigenvalue weighted by molar-refractivity contribution is -0.137. The van der Waals surface area contributed by atoms with Crippen molar-refractivity contribution >= 4 is 5.97 Å². The second-order valence-electron chi connectivity index (χ2n) is 4.23. The maximum atomic E-state index is 10.3. The second-order valence-corrected chi connectivity index (χ2v) is 4.23. The van der Waals surface area contributed by atoms with Crippen LogP contribution in [-0.4, -0.2) is 16.1 Å². The average molecular weight is 234 g/mol. The van der Waals surface area contributed by atoms with Gasteiger partial charge in [-0.1, -0.05) is 12.8 Å². The fraction of sp³-hybridized carbons (Fsp3) is 0.538. The Balaban J connectivity index is 2.20. The van der Waals surface area contributed by atoms with Crippen LogP contribution in [0.5, 0.6) is 0 Å². The molecule has 17 heavy (non-hydrogen) atoms. The molecule has 0 aromatic carbocycles. The fourth-order valence-corrected chi connectivity index (χ4v) is 1.86. The van der Waals surface area contributed by atoms with Crippen molar-refractivity contribution in [3.05, 3.63) is 23.0 Å². The number of aromatic amines is 1. The van der Waals surface area contributed by atoms with Crippen LogP contribution in [0, 0.1) is 18.3 Å². The van der Waals surface area contributed by atoms with E-state index in [0.717, 1.165) is 37.7 Å². The minimum Gasteiger partial charge on any atom is -0.481 e. The van der Waals surface area contributed by atoms with Crippen LogP contribution in [0.25, 0.3) is 0 Å². The van der Waals surface area contributed by atoms with E-state index in [0.29, 0.717) is 5.69 Å². The van der Waals surface area contributed by atoms with Gasteiger partial charge in [0.25, 0.3) is 0 Å². The monoisotopic (exact) mass is 234 g/mol. The number of hydrogen-bond donors (Lipinski definition) is 2. The first kappa shape index (κ1) is 13.3. The minimum atomic E-state index is -0.717. The number of hydrogen-bond acceptors (Lipinski definition) is 2. The number of aryl methyl sites for hydroxylation is 1. The number of unbranched alkanes of at least 4 members (excludes halogenated alkanes) is 3. The summed E-state index contributed by atoms with van der Waals surface area (Å²) in [6.45, 7) is 1.95. The van der Waals surface area contributed by atoms with Gasteiger partial charge in [-0.05, 0) is 37.3 Å². The van der Waals surface area contributed by atoms with Crippen molar-refractivity contribution in [3.63, 3.8) is 0 Å². The molecule has 1 heterocycles. The lowest BCUT2D eigenvalue weighted by atomic mass is 10.0. The first-order valence-corrected chi connectivity index (χ1v) is 5.94. The largest absolute Gasteiger partial charge is 0.481 e. The highest BCUT2D eigenvalue weighted by Crippen LogP contribution is 2.15. The zero-order valence-electron chi connectivity index (χ0n) is 10.1. The van der Waals surface area contributed by atoms with Gasteiger partial charge in [0.1, 0.15) is 11.8 Å². The van der Waals surface area contributed by atoms with Crippen molar-refractivity contribution in [2.24, 2.45) is 0 Å². The van der Waals surface area contributed by atoms with E-state index in [9.17, 15) is 4.79 Å². The SMILES string of the molecule is Cc1c(CCCCCCC(=O)O)c[nH]c1C#N. The van der Waals surface area contributed by atoms with Crippen molar-refractivity contribution in [1.29, 1.82) is 5.26 Å². The zero-order valence-corrected chi connectivity index (χ0v) is 10.1. The molecular weight excluding hydrogens is 216 g/mol. The molecule has 0 aliphatic heterocycles. The highest BCUT2D eigenvalue weighted by atomic mass is 16.4. The highest BCUT2D eigenvalue weighted by Gasteiger charge is 2.05. The average Bonchev–Trinajstić information content (AvgIpc) is 2.64. The van der Waals surface area contributed by atoms with Gasteiger partial charge in [0.15, 0.2) is 0 Å². The molecule has 0 radical (unpaired) electrons. The Labute approximate surface area is 101 Å². The highest BCUT2D eigenvalue weighted by molar-refractivity contribution is 5.66. The summed E-state index contributed by atoms with van der Waals surface area (Å²) < 4.78 is 0. The normalized spacial score (nSPS) is 10.1. The number of aromatic nitrogens is 1. The van der Waals surface area contributed by atoms with Crippen LogP contribution in [0.3, 0.4) is 0 Å². The summed E-state index contributed by atoms with van der Waals surface area (Å²) in [5.74, 6) is -0.717. The van der Waals surface area contributed by atoms with Crippen molar-refractivity contribution in [3.8, 4) is 6.07 Å². The van der Waals surface area contributed by atoms with E-state index in [1.807, 2.05) is 13.1 Å². The molecule has 0 spiro atoms. The summed E-state index contributed by atoms with van der Waals surface area (Å²) in [6, 6.07) is 2.12. The van der Waals surface area contributed by atoms with E-state index < -0.39 is 5.97 Å². The number of nitrogens with one attached hydrogen (secondary N) is 1. The molecule has 2 N–H and O–H groups in total. The third-order valence-electron chi connectivity index (χ3n) is 2.95. The third-order valence-corrected chi connectivity index (χ3v) is 2.95. The standard InChI is InChI=1S/C13H18N2O2/c1-10-11(9-15-12(10)8-14)6-4-2-3-5-7-13(16)17/h9,15H,2-7H2,1H3,(H,16,17). The molecule has 0 aliphatic carbocycles. The Morgan fingerprint density at radius 1 is 1.41 bits per heavy atom. The molecule has 0 atom stereocenters. The molecule has 0 saturated heterocycles. The van der Waals surface area contributed by atoms with Gasteiger partial charge in [0.2, 0.25) is 0 Å². The summed E-state index contributed by atoms with van der Waals surface area (Å²) >= 11 is 0. The molecule has 4 nitrogen and oxygen atoms in total. The number of carboxylic acid groups (broad SMARTS) is 1. The number of carboxylic acids is 1. The third kappa shape index (κ3) is 4.31. The van der Waals surface area contributed by atoms with Crippen molar-refractivity contribution < 1.29 is 9.90 Å². The van der Waals surface area contributed by atoms with Gasteiger partial charge in [0.05, 0.1) is 0 Å². The quantitative estimate of drug-likeness (QED) is 0.712. The predicted octanol–water partition coefficient (Wildman–Crippen LogP) is 2.77. The number of nitriles is 1. The summed E-state index contributed by atoms with van der Waals surface area (Å²) in [4.78, 5) is 13.3. The Bertz CT molecular complexity index is 416. The summed E-state index contributed by atoms with van der Waals surface area (Å²) in [7, 11) is 0. The van der Waals surface area contributed by atoms with E-state index in [2.05, 4.69) is 11.1 Å². The molecule has 0 bridgehead atoms. The van der Waals surface area contributed by atoms with Crippen LogP contribution in [0.2, 0.25) is 0 Å². The number of nitrogens with zero attached hydrogens (tertiary/aromatic N) is 1. The number of H-pyrrole nitrogens is 1. The van der Waals surface area contributed by atoms with Gasteiger partial charge >= 0.3 is 5.97 Å². The van der Waals surface area contributed by atoms with Gasteiger partial charge in [-0.15, -0.1) is 0 Å². The lowest BCUT2D eigenvalue weighted by Crippen LogP contribution is -1.94. The van der Waals surface area contributed by atoms with Gasteiger partial charge in [-0.3, -0.25) is 4.79 Å². The molecular formula is C13H18N2O2. The fourth-order valence-electron chi connectivity index (χ4n) is 1.86. The molecule has 4 heteroatoms. The van der Waals surface area contributed by atoms with Gasteiger partial charge in [0, 0.05) is 12.6 Å². The summed E-state index contributed by atoms with van der Waals surface area (Å²) in [6.07, 6.45) is 6.92. The smallest absolute Gasteiger partial charge is 0.303 e. The summed E-state index contributed by atoms with van der Waals surface area (Å²) in [5.41, 5.74) is 2.88. The number of rotatable bonds is 7. The molecule has 0 amide bonds. The zero-order chi connectivity index (χ0) is 12.7. The molecule has 1 rings (SSSR count). The van der Waals surface area contributed by atoms with Crippen LogP contribution in [0.15, 0.2) is 6.20 Å². The summed E-state index contributed by atoms with van der Waals surface area (Å²) in [5, 5.41) is 17.3. The Hall–Kier alpha value is -1.76. The van der Waals surface area contributed by atoms with Crippen molar-refractivity contribution in [2.45, 2.75) is 45.4 Å². The van der Waals surface area contributed by atoms with Crippen molar-refractivity contribution in [1.82, 2.24) is 4.98 Å². The van der Waals surface area contributed by atoms with Crippen LogP contribution in [-0.2, 0) is 11.2 Å². The first-order chi connectivity index (χ1) is 8.15. The van der Waals surface area contributed by atoms with E-state index in [4.69, 9.17) is 10.4 Å². The van der Waals surface area contributed by atoms with E-state index in [-0.39, 0.29) is 6.42 Å². The Kier molecular flexibility index (Phi) is 5.28. The van der Waals surface area contributed by atoms with Crippen LogP contribution < -0.4 is 0 Å². The van der Waals surface area contributed by atoms with E-state index >= 15 is 0 Å². The van der Waals surface area contributed by atoms with E-state index in [1.54, 1.807) is 0 Å². The predicted molar refractivity (Wildman–Crippen MR) is 64.7 cm³/mol. The number of carbonyl (C=O) groups is 1. The van der Waals surface area contributed by atoms with Crippen molar-refractivity contribution in [2.75, 3.05) is 0 Å². The second kappa shape index (κ2) is 6.74. The Morgan fingerprint density at radius 3 is 2.71 bits per heavy atom. The molecule has 0 saturated carbocycles. The van der Waals surface area contributed by atoms with Gasteiger partial charge in [-0.2, -0.15) is 5.26 Å². The van der Waals surface area contributed by atoms with Crippen LogP contribution in [0.4, 0.5) is 0 Å². The van der Waals surface area contributed by atoms with Gasteiger partial charge in [-0.25, -0.2) is 0 Å². The molecule has 0 aliphatic rings. The lowest BCUT2D eigenvalue weighted by Gasteiger charge is -2.00. The molecule has 1 aromatic rings. The number of aliphatic carboxylic acids is 1. The molecule has 92 valence electrons. The molecule has 0 fully saturated rings. The molecule has 0 unspecified atom stereocenters. The minimum absolute atomic E-state index is 0.266. The van der Waals surface area contributed by atoms with E-state index in [1.165, 1.54) is 5.56 Å². The van der Waals surface area contributed by atoms with Crippen LogP contribution >= 0.6 is 0 Å². The maximum Gasteiger partial charge on any atom is 0.303 e. The topological polar surface area (TPSA) is 76.9 Å². The molecule has 1 aromatic heterocycles. The maximum absolute atomic E-state index is 10.3.